The predicted molar refractivity (Wildman–Crippen MR) is 139 cm³/mol. The first-order chi connectivity index (χ1) is 17.6. The Hall–Kier alpha value is -4.69. The van der Waals surface area contributed by atoms with Crippen molar-refractivity contribution in [3.63, 3.8) is 0 Å². The summed E-state index contributed by atoms with van der Waals surface area (Å²) in [5.74, 6) is -0.400. The molecule has 0 unspecified atom stereocenters. The van der Waals surface area contributed by atoms with Gasteiger partial charge in [0.1, 0.15) is 5.69 Å². The van der Waals surface area contributed by atoms with E-state index < -0.39 is 5.91 Å². The van der Waals surface area contributed by atoms with E-state index in [4.69, 9.17) is 11.6 Å². The normalized spacial score (nSPS) is 11.2. The Morgan fingerprint density at radius 2 is 1.47 bits per heavy atom. The molecule has 1 amide bonds. The lowest BCUT2D eigenvalue weighted by Gasteiger charge is -2.10. The van der Waals surface area contributed by atoms with Crippen LogP contribution in [0.5, 0.6) is 0 Å². The second-order valence-corrected chi connectivity index (χ2v) is 8.62. The number of halogens is 1. The number of aromatic nitrogens is 6. The molecule has 3 aromatic heterocycles. The van der Waals surface area contributed by atoms with Crippen LogP contribution in [0.4, 0.5) is 5.69 Å². The molecule has 6 aromatic rings. The number of amides is 1. The van der Waals surface area contributed by atoms with Crippen molar-refractivity contribution >= 4 is 39.9 Å². The fraction of sp³-hybridized carbons (Fsp3) is 0.0370. The van der Waals surface area contributed by atoms with E-state index in [1.165, 1.54) is 0 Å². The third-order valence-electron chi connectivity index (χ3n) is 5.91. The van der Waals surface area contributed by atoms with Gasteiger partial charge in [0.25, 0.3) is 5.91 Å². The van der Waals surface area contributed by atoms with E-state index in [1.807, 2.05) is 60.7 Å². The molecule has 3 heterocycles. The minimum Gasteiger partial charge on any atom is -0.321 e. The smallest absolute Gasteiger partial charge is 0.278 e. The molecule has 0 fully saturated rings. The van der Waals surface area contributed by atoms with Crippen molar-refractivity contribution in [2.75, 3.05) is 5.32 Å². The SMILES string of the molecule is Cc1c(C(=O)Nc2ccc(Cl)cc2)nnc2c3c(-c4ccccc4)c(-c4ccccc4)nnc3nn12. The molecule has 36 heavy (non-hydrogen) atoms. The molecule has 0 spiro atoms. The zero-order valence-corrected chi connectivity index (χ0v) is 19.8. The van der Waals surface area contributed by atoms with Gasteiger partial charge < -0.3 is 5.32 Å². The van der Waals surface area contributed by atoms with Gasteiger partial charge in [0.15, 0.2) is 11.3 Å². The quantitative estimate of drug-likeness (QED) is 0.344. The monoisotopic (exact) mass is 491 g/mol. The topological polar surface area (TPSA) is 98.0 Å². The number of nitrogens with zero attached hydrogens (tertiary/aromatic N) is 6. The van der Waals surface area contributed by atoms with E-state index in [0.29, 0.717) is 33.4 Å². The molecule has 174 valence electrons. The summed E-state index contributed by atoms with van der Waals surface area (Å²) in [6, 6.07) is 26.6. The highest BCUT2D eigenvalue weighted by molar-refractivity contribution is 6.30. The molecule has 0 atom stereocenters. The highest BCUT2D eigenvalue weighted by Crippen LogP contribution is 2.37. The summed E-state index contributed by atoms with van der Waals surface area (Å²) in [7, 11) is 0. The first-order valence-electron chi connectivity index (χ1n) is 11.2. The average Bonchev–Trinajstić information content (AvgIpc) is 3.30. The van der Waals surface area contributed by atoms with Gasteiger partial charge in [0.05, 0.1) is 11.1 Å². The van der Waals surface area contributed by atoms with Gasteiger partial charge in [-0.05, 0) is 36.8 Å². The minimum atomic E-state index is -0.400. The molecule has 0 saturated heterocycles. The number of hydrogen-bond donors (Lipinski definition) is 1. The van der Waals surface area contributed by atoms with Crippen molar-refractivity contribution in [2.24, 2.45) is 0 Å². The summed E-state index contributed by atoms with van der Waals surface area (Å²) in [6.07, 6.45) is 0. The number of aryl methyl sites for hydroxylation is 1. The summed E-state index contributed by atoms with van der Waals surface area (Å²) in [6.45, 7) is 1.78. The number of rotatable bonds is 4. The van der Waals surface area contributed by atoms with Crippen molar-refractivity contribution in [3.8, 4) is 22.4 Å². The van der Waals surface area contributed by atoms with Gasteiger partial charge in [-0.3, -0.25) is 4.79 Å². The van der Waals surface area contributed by atoms with Crippen molar-refractivity contribution < 1.29 is 4.79 Å². The number of hydrogen-bond acceptors (Lipinski definition) is 6. The van der Waals surface area contributed by atoms with Crippen LogP contribution in [-0.2, 0) is 0 Å². The molecule has 0 saturated carbocycles. The summed E-state index contributed by atoms with van der Waals surface area (Å²) in [4.78, 5) is 13.0. The summed E-state index contributed by atoms with van der Waals surface area (Å²) < 4.78 is 1.60. The number of nitrogens with one attached hydrogen (secondary N) is 1. The Labute approximate surface area is 210 Å². The maximum Gasteiger partial charge on any atom is 0.278 e. The fourth-order valence-electron chi connectivity index (χ4n) is 4.17. The maximum absolute atomic E-state index is 13.0. The lowest BCUT2D eigenvalue weighted by Crippen LogP contribution is -2.18. The first-order valence-corrected chi connectivity index (χ1v) is 11.6. The lowest BCUT2D eigenvalue weighted by atomic mass is 9.97. The van der Waals surface area contributed by atoms with Crippen molar-refractivity contribution in [3.05, 3.63) is 101 Å². The molecular formula is C27H18ClN7O. The van der Waals surface area contributed by atoms with Crippen LogP contribution in [-0.4, -0.2) is 35.9 Å². The molecule has 6 rings (SSSR count). The Morgan fingerprint density at radius 1 is 0.806 bits per heavy atom. The first kappa shape index (κ1) is 21.8. The summed E-state index contributed by atoms with van der Waals surface area (Å²) >= 11 is 5.94. The second-order valence-electron chi connectivity index (χ2n) is 8.18. The van der Waals surface area contributed by atoms with Gasteiger partial charge >= 0.3 is 0 Å². The molecule has 8 nitrogen and oxygen atoms in total. The van der Waals surface area contributed by atoms with Gasteiger partial charge in [-0.25, -0.2) is 4.52 Å². The molecule has 0 radical (unpaired) electrons. The standard InChI is InChI=1S/C27H18ClN7O/c1-16-23(27(36)29-20-14-12-19(28)13-15-20)30-33-26-22-21(17-8-4-2-5-9-17)24(18-10-6-3-7-11-18)31-32-25(22)34-35(16)26/h2-15H,1H3,(H,29,36). The third kappa shape index (κ3) is 3.73. The van der Waals surface area contributed by atoms with Gasteiger partial charge in [0.2, 0.25) is 5.65 Å². The van der Waals surface area contributed by atoms with E-state index in [-0.39, 0.29) is 5.69 Å². The average molecular weight is 492 g/mol. The molecule has 9 heteroatoms. The molecular weight excluding hydrogens is 474 g/mol. The molecule has 0 aliphatic rings. The Balaban J connectivity index is 1.55. The molecule has 0 bridgehead atoms. The zero-order valence-electron chi connectivity index (χ0n) is 19.1. The summed E-state index contributed by atoms with van der Waals surface area (Å²) in [5, 5.41) is 26.4. The van der Waals surface area contributed by atoms with Crippen molar-refractivity contribution in [1.82, 2.24) is 30.0 Å². The maximum atomic E-state index is 13.0. The van der Waals surface area contributed by atoms with Crippen LogP contribution in [0.2, 0.25) is 5.02 Å². The van der Waals surface area contributed by atoms with Crippen molar-refractivity contribution in [1.29, 1.82) is 0 Å². The van der Waals surface area contributed by atoms with E-state index >= 15 is 0 Å². The fourth-order valence-corrected chi connectivity index (χ4v) is 4.30. The van der Waals surface area contributed by atoms with Crippen LogP contribution in [0.3, 0.4) is 0 Å². The number of carbonyl (C=O) groups is 1. The van der Waals surface area contributed by atoms with Crippen LogP contribution in [0.15, 0.2) is 84.9 Å². The van der Waals surface area contributed by atoms with Crippen LogP contribution in [0.1, 0.15) is 16.2 Å². The number of carbonyl (C=O) groups excluding carboxylic acids is 1. The van der Waals surface area contributed by atoms with Crippen LogP contribution in [0.25, 0.3) is 39.1 Å². The van der Waals surface area contributed by atoms with Gasteiger partial charge in [-0.15, -0.1) is 25.5 Å². The zero-order chi connectivity index (χ0) is 24.6. The minimum absolute atomic E-state index is 0.155. The molecule has 0 aliphatic heterocycles. The second kappa shape index (κ2) is 8.83. The summed E-state index contributed by atoms with van der Waals surface area (Å²) in [5.41, 5.74) is 5.65. The Kier molecular flexibility index (Phi) is 5.35. The highest BCUT2D eigenvalue weighted by Gasteiger charge is 2.23. The number of fused-ring (bicyclic) bond motifs is 3. The molecule has 1 N–H and O–H groups in total. The number of anilines is 1. The van der Waals surface area contributed by atoms with E-state index in [1.54, 1.807) is 35.7 Å². The largest absolute Gasteiger partial charge is 0.321 e. The van der Waals surface area contributed by atoms with Gasteiger partial charge in [-0.1, -0.05) is 72.3 Å². The third-order valence-corrected chi connectivity index (χ3v) is 6.16. The molecule has 3 aromatic carbocycles. The van der Waals surface area contributed by atoms with E-state index in [2.05, 4.69) is 30.8 Å². The van der Waals surface area contributed by atoms with Crippen molar-refractivity contribution in [2.45, 2.75) is 6.92 Å². The van der Waals surface area contributed by atoms with Crippen LogP contribution >= 0.6 is 11.6 Å². The Morgan fingerprint density at radius 3 is 2.17 bits per heavy atom. The van der Waals surface area contributed by atoms with E-state index in [0.717, 1.165) is 22.1 Å². The highest BCUT2D eigenvalue weighted by atomic mass is 35.5. The van der Waals surface area contributed by atoms with Gasteiger partial charge in [0, 0.05) is 21.8 Å². The predicted octanol–water partition coefficient (Wildman–Crippen LogP) is 5.62. The Bertz CT molecular complexity index is 1730. The molecule has 0 aliphatic carbocycles. The van der Waals surface area contributed by atoms with Gasteiger partial charge in [-0.2, -0.15) is 0 Å². The van der Waals surface area contributed by atoms with E-state index in [9.17, 15) is 4.79 Å². The lowest BCUT2D eigenvalue weighted by molar-refractivity contribution is 0.102. The van der Waals surface area contributed by atoms with Crippen LogP contribution < -0.4 is 5.32 Å². The van der Waals surface area contributed by atoms with Crippen LogP contribution in [0, 0.1) is 6.92 Å². The number of benzene rings is 3.